The first kappa shape index (κ1) is 15.4. The lowest BCUT2D eigenvalue weighted by Gasteiger charge is -2.28. The molecule has 0 aliphatic heterocycles. The lowest BCUT2D eigenvalue weighted by atomic mass is 10.0. The Morgan fingerprint density at radius 2 is 1.90 bits per heavy atom. The van der Waals surface area contributed by atoms with Crippen LogP contribution in [0.25, 0.3) is 0 Å². The summed E-state index contributed by atoms with van der Waals surface area (Å²) in [6.45, 7) is 4.12. The van der Waals surface area contributed by atoms with Crippen LogP contribution in [-0.2, 0) is 10.3 Å². The van der Waals surface area contributed by atoms with Crippen LogP contribution in [-0.4, -0.2) is 18.2 Å². The summed E-state index contributed by atoms with van der Waals surface area (Å²) < 4.78 is 5.07. The van der Waals surface area contributed by atoms with Gasteiger partial charge in [0.1, 0.15) is 5.60 Å². The topological polar surface area (TPSA) is 64.3 Å². The van der Waals surface area contributed by atoms with Crippen molar-refractivity contribution < 1.29 is 9.53 Å². The van der Waals surface area contributed by atoms with E-state index in [9.17, 15) is 4.79 Å². The molecule has 0 bridgehead atoms. The van der Waals surface area contributed by atoms with Gasteiger partial charge in [-0.25, -0.2) is 4.79 Å². The SMILES string of the molecule is CC(C)(CNC1(c2cc(Cl)cc(Cl)c2)CC1)OC(N)=O. The van der Waals surface area contributed by atoms with Crippen LogP contribution in [0.3, 0.4) is 0 Å². The van der Waals surface area contributed by atoms with Crippen molar-refractivity contribution in [3.05, 3.63) is 33.8 Å². The molecule has 6 heteroatoms. The molecule has 0 heterocycles. The fourth-order valence-electron chi connectivity index (χ4n) is 2.21. The standard InChI is InChI=1S/C14H18Cl2N2O2/c1-13(2,20-12(17)19)8-18-14(3-4-14)9-5-10(15)7-11(16)6-9/h5-7,18H,3-4,8H2,1-2H3,(H2,17,19). The number of halogens is 2. The maximum absolute atomic E-state index is 10.9. The minimum atomic E-state index is -0.771. The number of hydrogen-bond acceptors (Lipinski definition) is 3. The molecule has 1 saturated carbocycles. The van der Waals surface area contributed by atoms with Crippen molar-refractivity contribution in [2.45, 2.75) is 37.8 Å². The minimum Gasteiger partial charge on any atom is -0.442 e. The van der Waals surface area contributed by atoms with Gasteiger partial charge < -0.3 is 15.8 Å². The van der Waals surface area contributed by atoms with Crippen molar-refractivity contribution in [1.82, 2.24) is 5.32 Å². The third-order valence-corrected chi connectivity index (χ3v) is 3.83. The molecule has 0 spiro atoms. The van der Waals surface area contributed by atoms with Gasteiger partial charge in [0.05, 0.1) is 0 Å². The first-order valence-electron chi connectivity index (χ1n) is 6.43. The molecule has 3 N–H and O–H groups in total. The largest absolute Gasteiger partial charge is 0.442 e. The lowest BCUT2D eigenvalue weighted by molar-refractivity contribution is 0.0427. The van der Waals surface area contributed by atoms with Crippen molar-refractivity contribution >= 4 is 29.3 Å². The number of primary amides is 1. The van der Waals surface area contributed by atoms with Crippen molar-refractivity contribution in [3.63, 3.8) is 0 Å². The van der Waals surface area contributed by atoms with E-state index in [2.05, 4.69) is 5.32 Å². The molecule has 1 aliphatic carbocycles. The van der Waals surface area contributed by atoms with Crippen molar-refractivity contribution in [1.29, 1.82) is 0 Å². The summed E-state index contributed by atoms with van der Waals surface area (Å²) in [5.74, 6) is 0. The number of rotatable bonds is 5. The van der Waals surface area contributed by atoms with Crippen LogP contribution in [0.4, 0.5) is 4.79 Å². The van der Waals surface area contributed by atoms with Crippen LogP contribution in [0.15, 0.2) is 18.2 Å². The number of carbonyl (C=O) groups excluding carboxylic acids is 1. The van der Waals surface area contributed by atoms with E-state index in [1.807, 2.05) is 26.0 Å². The average Bonchev–Trinajstić information content (AvgIpc) is 3.04. The molecule has 0 unspecified atom stereocenters. The summed E-state index contributed by atoms with van der Waals surface area (Å²) in [5, 5.41) is 4.67. The Hall–Kier alpha value is -0.970. The summed E-state index contributed by atoms with van der Waals surface area (Å²) in [4.78, 5) is 10.9. The molecule has 1 fully saturated rings. The zero-order chi connectivity index (χ0) is 15.0. The van der Waals surface area contributed by atoms with Gasteiger partial charge in [0.2, 0.25) is 0 Å². The molecule has 0 aromatic heterocycles. The Kier molecular flexibility index (Phi) is 4.19. The van der Waals surface area contributed by atoms with Gasteiger partial charge in [0.15, 0.2) is 0 Å². The van der Waals surface area contributed by atoms with Gasteiger partial charge in [-0.3, -0.25) is 0 Å². The molecular formula is C14H18Cl2N2O2. The van der Waals surface area contributed by atoms with E-state index in [0.717, 1.165) is 18.4 Å². The maximum atomic E-state index is 10.9. The highest BCUT2D eigenvalue weighted by molar-refractivity contribution is 6.34. The lowest BCUT2D eigenvalue weighted by Crippen LogP contribution is -2.44. The molecule has 4 nitrogen and oxygen atoms in total. The van der Waals surface area contributed by atoms with Crippen LogP contribution in [0.5, 0.6) is 0 Å². The summed E-state index contributed by atoms with van der Waals surface area (Å²) in [6, 6.07) is 5.54. The molecule has 1 amide bonds. The van der Waals surface area contributed by atoms with Gasteiger partial charge in [-0.05, 0) is 50.5 Å². The quantitative estimate of drug-likeness (QED) is 0.874. The highest BCUT2D eigenvalue weighted by Crippen LogP contribution is 2.47. The van der Waals surface area contributed by atoms with Gasteiger partial charge in [-0.2, -0.15) is 0 Å². The Bertz CT molecular complexity index is 508. The fourth-order valence-corrected chi connectivity index (χ4v) is 2.74. The second kappa shape index (κ2) is 5.43. The number of nitrogens with one attached hydrogen (secondary N) is 1. The van der Waals surface area contributed by atoms with Crippen LogP contribution in [0, 0.1) is 0 Å². The third-order valence-electron chi connectivity index (χ3n) is 3.39. The van der Waals surface area contributed by atoms with Crippen LogP contribution < -0.4 is 11.1 Å². The normalized spacial score (nSPS) is 16.8. The number of benzene rings is 1. The molecule has 0 radical (unpaired) electrons. The number of nitrogens with two attached hydrogens (primary N) is 1. The zero-order valence-corrected chi connectivity index (χ0v) is 13.0. The third kappa shape index (κ3) is 3.78. The smallest absolute Gasteiger partial charge is 0.405 e. The number of ether oxygens (including phenoxy) is 1. The van der Waals surface area contributed by atoms with Gasteiger partial charge in [0, 0.05) is 22.1 Å². The highest BCUT2D eigenvalue weighted by atomic mass is 35.5. The summed E-state index contributed by atoms with van der Waals surface area (Å²) in [6.07, 6.45) is 1.22. The molecule has 1 aliphatic rings. The van der Waals surface area contributed by atoms with Crippen LogP contribution in [0.1, 0.15) is 32.3 Å². The molecule has 1 aromatic rings. The highest BCUT2D eigenvalue weighted by Gasteiger charge is 2.45. The molecule has 2 rings (SSSR count). The van der Waals surface area contributed by atoms with Gasteiger partial charge in [0.25, 0.3) is 0 Å². The Labute approximate surface area is 128 Å². The van der Waals surface area contributed by atoms with Crippen molar-refractivity contribution in [2.75, 3.05) is 6.54 Å². The first-order chi connectivity index (χ1) is 9.22. The van der Waals surface area contributed by atoms with Crippen molar-refractivity contribution in [2.24, 2.45) is 5.73 Å². The Morgan fingerprint density at radius 3 is 2.35 bits per heavy atom. The predicted octanol–water partition coefficient (Wildman–Crippen LogP) is 3.45. The first-order valence-corrected chi connectivity index (χ1v) is 7.18. The maximum Gasteiger partial charge on any atom is 0.405 e. The van der Waals surface area contributed by atoms with E-state index in [4.69, 9.17) is 33.7 Å². The van der Waals surface area contributed by atoms with E-state index < -0.39 is 11.7 Å². The van der Waals surface area contributed by atoms with E-state index >= 15 is 0 Å². The predicted molar refractivity (Wildman–Crippen MR) is 80.1 cm³/mol. The van der Waals surface area contributed by atoms with E-state index in [1.165, 1.54) is 0 Å². The number of amides is 1. The summed E-state index contributed by atoms with van der Waals surface area (Å²) in [5.41, 5.74) is 5.33. The monoisotopic (exact) mass is 316 g/mol. The number of hydrogen-bond donors (Lipinski definition) is 2. The van der Waals surface area contributed by atoms with Crippen LogP contribution >= 0.6 is 23.2 Å². The second-order valence-corrected chi connectivity index (χ2v) is 6.65. The molecule has 110 valence electrons. The molecule has 0 saturated heterocycles. The summed E-state index contributed by atoms with van der Waals surface area (Å²) >= 11 is 12.1. The van der Waals surface area contributed by atoms with Crippen molar-refractivity contribution in [3.8, 4) is 0 Å². The van der Waals surface area contributed by atoms with E-state index in [0.29, 0.717) is 16.6 Å². The Balaban J connectivity index is 2.07. The van der Waals surface area contributed by atoms with E-state index in [1.54, 1.807) is 6.07 Å². The summed E-state index contributed by atoms with van der Waals surface area (Å²) in [7, 11) is 0. The van der Waals surface area contributed by atoms with Gasteiger partial charge in [-0.1, -0.05) is 23.2 Å². The van der Waals surface area contributed by atoms with Gasteiger partial charge >= 0.3 is 6.09 Å². The van der Waals surface area contributed by atoms with E-state index in [-0.39, 0.29) is 5.54 Å². The second-order valence-electron chi connectivity index (χ2n) is 5.77. The fraction of sp³-hybridized carbons (Fsp3) is 0.500. The minimum absolute atomic E-state index is 0.132. The molecule has 0 atom stereocenters. The zero-order valence-electron chi connectivity index (χ0n) is 11.5. The molecular weight excluding hydrogens is 299 g/mol. The average molecular weight is 317 g/mol. The molecule has 20 heavy (non-hydrogen) atoms. The number of carbonyl (C=O) groups is 1. The molecule has 1 aromatic carbocycles. The Morgan fingerprint density at radius 1 is 1.35 bits per heavy atom. The van der Waals surface area contributed by atoms with Crippen LogP contribution in [0.2, 0.25) is 10.0 Å². The van der Waals surface area contributed by atoms with Gasteiger partial charge in [-0.15, -0.1) is 0 Å².